The molecule has 1 aliphatic rings. The highest BCUT2D eigenvalue weighted by Crippen LogP contribution is 2.27. The Morgan fingerprint density at radius 1 is 1.39 bits per heavy atom. The number of nitrogens with one attached hydrogen (secondary N) is 1. The number of carbonyl (C=O) groups is 1. The Bertz CT molecular complexity index is 563. The molecule has 0 atom stereocenters. The monoisotopic (exact) mass is 288 g/mol. The fraction of sp³-hybridized carbons (Fsp3) is 0.545. The summed E-state index contributed by atoms with van der Waals surface area (Å²) in [6.45, 7) is 4.51. The van der Waals surface area contributed by atoms with E-state index in [0.29, 0.717) is 24.4 Å². The van der Waals surface area contributed by atoms with Gasteiger partial charge in [-0.2, -0.15) is 4.31 Å². The van der Waals surface area contributed by atoms with Gasteiger partial charge in [-0.1, -0.05) is 0 Å². The number of aryl methyl sites for hydroxylation is 2. The lowest BCUT2D eigenvalue weighted by Gasteiger charge is -2.18. The second-order valence-electron chi connectivity index (χ2n) is 4.32. The van der Waals surface area contributed by atoms with Crippen molar-refractivity contribution in [3.05, 3.63) is 15.8 Å². The van der Waals surface area contributed by atoms with Crippen LogP contribution in [-0.2, 0) is 14.8 Å². The molecule has 1 aromatic rings. The molecule has 1 aliphatic heterocycles. The Morgan fingerprint density at radius 3 is 2.72 bits per heavy atom. The summed E-state index contributed by atoms with van der Waals surface area (Å²) in [5, 5.41) is 2.68. The van der Waals surface area contributed by atoms with E-state index in [4.69, 9.17) is 0 Å². The van der Waals surface area contributed by atoms with Crippen LogP contribution in [0.2, 0.25) is 0 Å². The fourth-order valence-electron chi connectivity index (χ4n) is 1.99. The number of sulfonamides is 1. The van der Waals surface area contributed by atoms with Gasteiger partial charge < -0.3 is 5.32 Å². The van der Waals surface area contributed by atoms with Gasteiger partial charge in [-0.25, -0.2) is 8.42 Å². The number of thiophene rings is 1. The van der Waals surface area contributed by atoms with Gasteiger partial charge in [0.25, 0.3) is 0 Å². The van der Waals surface area contributed by atoms with Crippen molar-refractivity contribution >= 4 is 27.3 Å². The molecule has 0 radical (unpaired) electrons. The summed E-state index contributed by atoms with van der Waals surface area (Å²) in [5.74, 6) is -0.235. The molecule has 7 heteroatoms. The van der Waals surface area contributed by atoms with Crippen LogP contribution in [0.15, 0.2) is 11.0 Å². The molecule has 0 saturated carbocycles. The highest BCUT2D eigenvalue weighted by molar-refractivity contribution is 7.89. The minimum Gasteiger partial charge on any atom is -0.355 e. The first-order valence-electron chi connectivity index (χ1n) is 5.75. The smallest absolute Gasteiger partial charge is 0.244 e. The Kier molecular flexibility index (Phi) is 3.74. The van der Waals surface area contributed by atoms with E-state index in [1.165, 1.54) is 15.6 Å². The second-order valence-corrected chi connectivity index (χ2v) is 7.69. The zero-order valence-corrected chi connectivity index (χ0v) is 12.0. The molecule has 0 aliphatic carbocycles. The van der Waals surface area contributed by atoms with E-state index in [2.05, 4.69) is 5.32 Å². The molecular weight excluding hydrogens is 272 g/mol. The molecule has 0 spiro atoms. The van der Waals surface area contributed by atoms with Crippen molar-refractivity contribution in [2.24, 2.45) is 0 Å². The third-order valence-electron chi connectivity index (χ3n) is 2.84. The topological polar surface area (TPSA) is 66.5 Å². The standard InChI is InChI=1S/C11H16N2O3S2/c1-8-6-10(9(2)17-8)18(15,16)13-5-3-4-12-11(14)7-13/h6H,3-5,7H2,1-2H3,(H,12,14). The zero-order valence-electron chi connectivity index (χ0n) is 10.4. The van der Waals surface area contributed by atoms with Crippen molar-refractivity contribution in [1.29, 1.82) is 0 Å². The summed E-state index contributed by atoms with van der Waals surface area (Å²) in [6.07, 6.45) is 0.646. The van der Waals surface area contributed by atoms with E-state index in [0.717, 1.165) is 9.75 Å². The van der Waals surface area contributed by atoms with Gasteiger partial charge in [0.2, 0.25) is 15.9 Å². The molecule has 100 valence electrons. The maximum Gasteiger partial charge on any atom is 0.244 e. The van der Waals surface area contributed by atoms with Gasteiger partial charge >= 0.3 is 0 Å². The lowest BCUT2D eigenvalue weighted by atomic mass is 10.4. The van der Waals surface area contributed by atoms with Crippen molar-refractivity contribution in [2.75, 3.05) is 19.6 Å². The van der Waals surface area contributed by atoms with Crippen LogP contribution < -0.4 is 5.32 Å². The third-order valence-corrected chi connectivity index (χ3v) is 5.91. The van der Waals surface area contributed by atoms with Crippen molar-refractivity contribution in [2.45, 2.75) is 25.2 Å². The van der Waals surface area contributed by atoms with Gasteiger partial charge in [0.1, 0.15) is 0 Å². The van der Waals surface area contributed by atoms with E-state index < -0.39 is 10.0 Å². The zero-order chi connectivity index (χ0) is 13.3. The van der Waals surface area contributed by atoms with Crippen LogP contribution in [-0.4, -0.2) is 38.3 Å². The molecule has 1 aromatic heterocycles. The molecule has 18 heavy (non-hydrogen) atoms. The number of hydrogen-bond donors (Lipinski definition) is 1. The van der Waals surface area contributed by atoms with Gasteiger partial charge in [0.15, 0.2) is 0 Å². The average molecular weight is 288 g/mol. The van der Waals surface area contributed by atoms with Crippen LogP contribution in [0.25, 0.3) is 0 Å². The number of rotatable bonds is 2. The Hall–Kier alpha value is -0.920. The van der Waals surface area contributed by atoms with E-state index in [9.17, 15) is 13.2 Å². The fourth-order valence-corrected chi connectivity index (χ4v) is 4.94. The molecule has 1 fully saturated rings. The van der Waals surface area contributed by atoms with Crippen LogP contribution in [0, 0.1) is 13.8 Å². The largest absolute Gasteiger partial charge is 0.355 e. The van der Waals surface area contributed by atoms with Gasteiger partial charge in [-0.05, 0) is 26.3 Å². The van der Waals surface area contributed by atoms with Crippen molar-refractivity contribution in [3.63, 3.8) is 0 Å². The van der Waals surface area contributed by atoms with Crippen LogP contribution in [0.1, 0.15) is 16.2 Å². The number of nitrogens with zero attached hydrogens (tertiary/aromatic N) is 1. The SMILES string of the molecule is Cc1cc(S(=O)(=O)N2CCCNC(=O)C2)c(C)s1. The van der Waals surface area contributed by atoms with Crippen molar-refractivity contribution in [3.8, 4) is 0 Å². The van der Waals surface area contributed by atoms with Crippen LogP contribution >= 0.6 is 11.3 Å². The average Bonchev–Trinajstić information content (AvgIpc) is 2.50. The van der Waals surface area contributed by atoms with Crippen LogP contribution in [0.4, 0.5) is 0 Å². The summed E-state index contributed by atoms with van der Waals surface area (Å²) in [7, 11) is -3.55. The first kappa shape index (κ1) is 13.5. The van der Waals surface area contributed by atoms with Crippen LogP contribution in [0.5, 0.6) is 0 Å². The Morgan fingerprint density at radius 2 is 2.11 bits per heavy atom. The summed E-state index contributed by atoms with van der Waals surface area (Å²) in [6, 6.07) is 1.68. The molecule has 0 aromatic carbocycles. The third kappa shape index (κ3) is 2.57. The maximum absolute atomic E-state index is 12.5. The Balaban J connectivity index is 2.35. The molecule has 1 N–H and O–H groups in total. The lowest BCUT2D eigenvalue weighted by molar-refractivity contribution is -0.120. The summed E-state index contributed by atoms with van der Waals surface area (Å²) in [4.78, 5) is 13.5. The van der Waals surface area contributed by atoms with Gasteiger partial charge in [-0.3, -0.25) is 4.79 Å². The van der Waals surface area contributed by atoms with Crippen molar-refractivity contribution in [1.82, 2.24) is 9.62 Å². The number of carbonyl (C=O) groups excluding carboxylic acids is 1. The summed E-state index contributed by atoms with van der Waals surface area (Å²) < 4.78 is 26.2. The molecule has 2 heterocycles. The van der Waals surface area contributed by atoms with E-state index in [1.54, 1.807) is 13.0 Å². The molecule has 0 bridgehead atoms. The number of amides is 1. The predicted molar refractivity (Wildman–Crippen MR) is 70.2 cm³/mol. The normalized spacial score (nSPS) is 18.4. The number of hydrogen-bond acceptors (Lipinski definition) is 4. The molecule has 2 rings (SSSR count). The minimum absolute atomic E-state index is 0.0866. The molecule has 0 unspecified atom stereocenters. The molecule has 1 amide bonds. The van der Waals surface area contributed by atoms with E-state index >= 15 is 0 Å². The molecular formula is C11H16N2O3S2. The van der Waals surface area contributed by atoms with Gasteiger partial charge in [0, 0.05) is 22.8 Å². The van der Waals surface area contributed by atoms with E-state index in [1.807, 2.05) is 6.92 Å². The van der Waals surface area contributed by atoms with Crippen LogP contribution in [0.3, 0.4) is 0 Å². The summed E-state index contributed by atoms with van der Waals surface area (Å²) in [5.41, 5.74) is 0. The summed E-state index contributed by atoms with van der Waals surface area (Å²) >= 11 is 1.46. The highest BCUT2D eigenvalue weighted by Gasteiger charge is 2.30. The highest BCUT2D eigenvalue weighted by atomic mass is 32.2. The van der Waals surface area contributed by atoms with Gasteiger partial charge in [0.05, 0.1) is 11.4 Å². The first-order valence-corrected chi connectivity index (χ1v) is 8.01. The molecule has 5 nitrogen and oxygen atoms in total. The van der Waals surface area contributed by atoms with Crippen molar-refractivity contribution < 1.29 is 13.2 Å². The first-order chi connectivity index (χ1) is 8.41. The Labute approximate surface area is 111 Å². The lowest BCUT2D eigenvalue weighted by Crippen LogP contribution is -2.37. The maximum atomic E-state index is 12.5. The van der Waals surface area contributed by atoms with Gasteiger partial charge in [-0.15, -0.1) is 11.3 Å². The molecule has 1 saturated heterocycles. The second kappa shape index (κ2) is 4.99. The predicted octanol–water partition coefficient (Wildman–Crippen LogP) is 0.876. The quantitative estimate of drug-likeness (QED) is 0.878. The minimum atomic E-state index is -3.55. The van der Waals surface area contributed by atoms with E-state index in [-0.39, 0.29) is 12.5 Å².